The zero-order valence-corrected chi connectivity index (χ0v) is 11.9. The molecule has 21 heavy (non-hydrogen) atoms. The number of hydrogen-bond donors (Lipinski definition) is 3. The second-order valence-electron chi connectivity index (χ2n) is 5.48. The van der Waals surface area contributed by atoms with E-state index in [0.717, 1.165) is 12.2 Å². The van der Waals surface area contributed by atoms with Crippen LogP contribution in [0.15, 0.2) is 18.2 Å². The van der Waals surface area contributed by atoms with Gasteiger partial charge in [0.1, 0.15) is 6.61 Å². The Morgan fingerprint density at radius 1 is 1.33 bits per heavy atom. The first-order valence-corrected chi connectivity index (χ1v) is 7.26. The number of hydrogen-bond acceptors (Lipinski definition) is 5. The van der Waals surface area contributed by atoms with Gasteiger partial charge in [-0.1, -0.05) is 6.07 Å². The van der Waals surface area contributed by atoms with E-state index in [2.05, 4.69) is 10.6 Å². The fraction of sp³-hybridized carbons (Fsp3) is 0.533. The number of benzene rings is 1. The largest absolute Gasteiger partial charge is 0.489 e. The minimum atomic E-state index is -0.873. The molecule has 0 bridgehead atoms. The average Bonchev–Trinajstić information content (AvgIpc) is 2.53. The third-order valence-electron chi connectivity index (χ3n) is 3.93. The molecule has 2 aliphatic heterocycles. The molecule has 6 nitrogen and oxygen atoms in total. The van der Waals surface area contributed by atoms with Crippen LogP contribution in [0.3, 0.4) is 0 Å². The minimum absolute atomic E-state index is 0.226. The lowest BCUT2D eigenvalue weighted by Crippen LogP contribution is -2.46. The molecule has 0 aromatic heterocycles. The molecule has 0 unspecified atom stereocenters. The fourth-order valence-electron chi connectivity index (χ4n) is 2.62. The molecule has 1 saturated heterocycles. The predicted octanol–water partition coefficient (Wildman–Crippen LogP) is 0.762. The summed E-state index contributed by atoms with van der Waals surface area (Å²) < 4.78 is 10.8. The summed E-state index contributed by atoms with van der Waals surface area (Å²) in [5.74, 6) is 0.357. The average molecular weight is 292 g/mol. The van der Waals surface area contributed by atoms with Gasteiger partial charge in [0.05, 0.1) is 16.9 Å². The van der Waals surface area contributed by atoms with Crippen molar-refractivity contribution in [2.75, 3.05) is 38.2 Å². The number of carbonyl (C=O) groups excluding carboxylic acids is 1. The first-order valence-electron chi connectivity index (χ1n) is 7.26. The van der Waals surface area contributed by atoms with Crippen LogP contribution in [0.5, 0.6) is 5.75 Å². The molecule has 1 amide bonds. The van der Waals surface area contributed by atoms with Crippen LogP contribution in [0.2, 0.25) is 0 Å². The van der Waals surface area contributed by atoms with Crippen molar-refractivity contribution in [3.63, 3.8) is 0 Å². The van der Waals surface area contributed by atoms with E-state index in [-0.39, 0.29) is 12.5 Å². The Bertz CT molecular complexity index is 526. The maximum Gasteiger partial charge on any atom is 0.255 e. The lowest BCUT2D eigenvalue weighted by molar-refractivity contribution is -0.0605. The van der Waals surface area contributed by atoms with Crippen LogP contribution >= 0.6 is 0 Å². The van der Waals surface area contributed by atoms with Crippen LogP contribution in [0.25, 0.3) is 0 Å². The second-order valence-corrected chi connectivity index (χ2v) is 5.48. The third kappa shape index (κ3) is 3.11. The maximum absolute atomic E-state index is 12.3. The zero-order chi connectivity index (χ0) is 14.7. The molecule has 0 saturated carbocycles. The summed E-state index contributed by atoms with van der Waals surface area (Å²) in [7, 11) is 0. The Kier molecular flexibility index (Phi) is 3.98. The number of anilines is 1. The highest BCUT2D eigenvalue weighted by Gasteiger charge is 2.30. The smallest absolute Gasteiger partial charge is 0.255 e. The van der Waals surface area contributed by atoms with E-state index < -0.39 is 5.60 Å². The molecule has 1 aromatic carbocycles. The summed E-state index contributed by atoms with van der Waals surface area (Å²) in [5, 5.41) is 16.4. The van der Waals surface area contributed by atoms with Crippen molar-refractivity contribution in [2.45, 2.75) is 18.4 Å². The van der Waals surface area contributed by atoms with Crippen molar-refractivity contribution in [2.24, 2.45) is 0 Å². The first-order chi connectivity index (χ1) is 10.2. The molecule has 3 N–H and O–H groups in total. The molecule has 2 aliphatic rings. The van der Waals surface area contributed by atoms with E-state index >= 15 is 0 Å². The number of carbonyl (C=O) groups is 1. The molecule has 2 heterocycles. The standard InChI is InChI=1S/C15H20N2O4/c18-14(17-10-15(19)4-7-20-8-5-15)11-2-1-3-12-13(11)21-9-6-16-12/h1-3,16,19H,4-10H2,(H,17,18). The van der Waals surface area contributed by atoms with Gasteiger partial charge in [-0.2, -0.15) is 0 Å². The highest BCUT2D eigenvalue weighted by atomic mass is 16.5. The number of ether oxygens (including phenoxy) is 2. The molecule has 6 heteroatoms. The Morgan fingerprint density at radius 2 is 2.14 bits per heavy atom. The van der Waals surface area contributed by atoms with Gasteiger partial charge in [-0.05, 0) is 12.1 Å². The molecular formula is C15H20N2O4. The maximum atomic E-state index is 12.3. The summed E-state index contributed by atoms with van der Waals surface area (Å²) in [6.07, 6.45) is 1.08. The van der Waals surface area contributed by atoms with E-state index in [1.165, 1.54) is 0 Å². The second kappa shape index (κ2) is 5.91. The van der Waals surface area contributed by atoms with Gasteiger partial charge in [0.15, 0.2) is 5.75 Å². The minimum Gasteiger partial charge on any atom is -0.489 e. The van der Waals surface area contributed by atoms with Crippen molar-refractivity contribution in [1.82, 2.24) is 5.32 Å². The SMILES string of the molecule is O=C(NCC1(O)CCOCC1)c1cccc2c1OCCN2. The topological polar surface area (TPSA) is 79.8 Å². The van der Waals surface area contributed by atoms with Crippen LogP contribution in [0, 0.1) is 0 Å². The van der Waals surface area contributed by atoms with Crippen molar-refractivity contribution in [1.29, 1.82) is 0 Å². The van der Waals surface area contributed by atoms with Gasteiger partial charge in [-0.15, -0.1) is 0 Å². The molecule has 0 spiro atoms. The van der Waals surface area contributed by atoms with E-state index in [1.807, 2.05) is 12.1 Å². The normalized spacial score (nSPS) is 19.9. The molecule has 0 radical (unpaired) electrons. The summed E-state index contributed by atoms with van der Waals surface area (Å²) in [6.45, 7) is 2.56. The zero-order valence-electron chi connectivity index (χ0n) is 11.9. The van der Waals surface area contributed by atoms with Crippen LogP contribution < -0.4 is 15.4 Å². The van der Waals surface area contributed by atoms with Gasteiger partial charge in [-0.3, -0.25) is 4.79 Å². The number of aliphatic hydroxyl groups is 1. The molecule has 1 aromatic rings. The molecule has 3 rings (SSSR count). The Labute approximate surface area is 123 Å². The number of fused-ring (bicyclic) bond motifs is 1. The molecular weight excluding hydrogens is 272 g/mol. The number of amides is 1. The summed E-state index contributed by atoms with van der Waals surface area (Å²) >= 11 is 0. The van der Waals surface area contributed by atoms with Crippen LogP contribution in [0.4, 0.5) is 5.69 Å². The monoisotopic (exact) mass is 292 g/mol. The Hall–Kier alpha value is -1.79. The van der Waals surface area contributed by atoms with E-state index in [0.29, 0.717) is 44.0 Å². The van der Waals surface area contributed by atoms with Gasteiger partial charge < -0.3 is 25.2 Å². The lowest BCUT2D eigenvalue weighted by atomic mass is 9.94. The third-order valence-corrected chi connectivity index (χ3v) is 3.93. The summed E-state index contributed by atoms with van der Waals surface area (Å²) in [5.41, 5.74) is 0.455. The quantitative estimate of drug-likeness (QED) is 0.766. The molecule has 0 atom stereocenters. The first kappa shape index (κ1) is 14.2. The molecule has 1 fully saturated rings. The van der Waals surface area contributed by atoms with Crippen LogP contribution in [0.1, 0.15) is 23.2 Å². The van der Waals surface area contributed by atoms with Crippen molar-refractivity contribution < 1.29 is 19.4 Å². The number of para-hydroxylation sites is 1. The van der Waals surface area contributed by atoms with Gasteiger partial charge in [0.25, 0.3) is 5.91 Å². The molecule has 114 valence electrons. The van der Waals surface area contributed by atoms with Crippen molar-refractivity contribution in [3.8, 4) is 5.75 Å². The van der Waals surface area contributed by atoms with Gasteiger partial charge in [-0.25, -0.2) is 0 Å². The van der Waals surface area contributed by atoms with Gasteiger partial charge in [0.2, 0.25) is 0 Å². The van der Waals surface area contributed by atoms with Gasteiger partial charge in [0, 0.05) is 39.1 Å². The molecule has 0 aliphatic carbocycles. The highest BCUT2D eigenvalue weighted by molar-refractivity contribution is 5.99. The fourth-order valence-corrected chi connectivity index (χ4v) is 2.62. The van der Waals surface area contributed by atoms with Crippen LogP contribution in [-0.2, 0) is 4.74 Å². The van der Waals surface area contributed by atoms with E-state index in [4.69, 9.17) is 9.47 Å². The van der Waals surface area contributed by atoms with Crippen molar-refractivity contribution >= 4 is 11.6 Å². The van der Waals surface area contributed by atoms with Gasteiger partial charge >= 0.3 is 0 Å². The summed E-state index contributed by atoms with van der Waals surface area (Å²) in [6, 6.07) is 5.44. The van der Waals surface area contributed by atoms with Crippen molar-refractivity contribution in [3.05, 3.63) is 23.8 Å². The van der Waals surface area contributed by atoms with E-state index in [1.54, 1.807) is 6.07 Å². The Balaban J connectivity index is 1.68. The highest BCUT2D eigenvalue weighted by Crippen LogP contribution is 2.31. The number of nitrogens with one attached hydrogen (secondary N) is 2. The summed E-state index contributed by atoms with van der Waals surface area (Å²) in [4.78, 5) is 12.3. The lowest BCUT2D eigenvalue weighted by Gasteiger charge is -2.32. The number of rotatable bonds is 3. The predicted molar refractivity (Wildman–Crippen MR) is 77.8 cm³/mol. The van der Waals surface area contributed by atoms with Crippen LogP contribution in [-0.4, -0.2) is 49.5 Å². The Morgan fingerprint density at radius 3 is 2.95 bits per heavy atom. The van der Waals surface area contributed by atoms with E-state index in [9.17, 15) is 9.90 Å².